The standard InChI is InChI=1S/C21H21FN4OS/c1-27-14-13-25-12-4-6-18(25)20-19(17-5-2-3-11-23-17)24-21(28)26(20)16-9-7-15(22)8-10-16/h2-12,19-20H,13-14H2,1H3,(H,24,28)/t19-,20+/m0/s1. The molecule has 28 heavy (non-hydrogen) atoms. The van der Waals surface area contributed by atoms with Gasteiger partial charge in [-0.3, -0.25) is 4.98 Å². The van der Waals surface area contributed by atoms with Crippen LogP contribution < -0.4 is 10.2 Å². The molecule has 2 atom stereocenters. The lowest BCUT2D eigenvalue weighted by Gasteiger charge is -2.29. The summed E-state index contributed by atoms with van der Waals surface area (Å²) < 4.78 is 20.9. The average Bonchev–Trinajstić information content (AvgIpc) is 3.31. The number of methoxy groups -OCH3 is 1. The van der Waals surface area contributed by atoms with Gasteiger partial charge in [0.1, 0.15) is 11.9 Å². The summed E-state index contributed by atoms with van der Waals surface area (Å²) in [5.74, 6) is -0.275. The Hall–Kier alpha value is -2.77. The SMILES string of the molecule is COCCn1cccc1[C@@H]1[C@H](c2ccccn2)NC(=S)N1c1ccc(F)cc1. The van der Waals surface area contributed by atoms with Gasteiger partial charge < -0.3 is 19.5 Å². The van der Waals surface area contributed by atoms with Gasteiger partial charge >= 0.3 is 0 Å². The molecule has 0 saturated carbocycles. The van der Waals surface area contributed by atoms with Crippen molar-refractivity contribution < 1.29 is 9.13 Å². The second-order valence-corrected chi connectivity index (χ2v) is 6.98. The molecule has 3 aromatic rings. The number of ether oxygens (including phenoxy) is 1. The number of nitrogens with zero attached hydrogens (tertiary/aromatic N) is 3. The van der Waals surface area contributed by atoms with E-state index >= 15 is 0 Å². The molecule has 5 nitrogen and oxygen atoms in total. The number of hydrogen-bond donors (Lipinski definition) is 1. The van der Waals surface area contributed by atoms with Gasteiger partial charge in [0.25, 0.3) is 0 Å². The van der Waals surface area contributed by atoms with E-state index < -0.39 is 0 Å². The summed E-state index contributed by atoms with van der Waals surface area (Å²) in [6.45, 7) is 1.34. The summed E-state index contributed by atoms with van der Waals surface area (Å²) in [7, 11) is 1.69. The van der Waals surface area contributed by atoms with Crippen LogP contribution in [0.2, 0.25) is 0 Å². The number of pyridine rings is 1. The first-order valence-corrected chi connectivity index (χ1v) is 9.50. The van der Waals surface area contributed by atoms with Gasteiger partial charge in [0.2, 0.25) is 0 Å². The number of rotatable bonds is 6. The molecule has 0 radical (unpaired) electrons. The highest BCUT2D eigenvalue weighted by Gasteiger charge is 2.41. The Bertz CT molecular complexity index is 945. The lowest BCUT2D eigenvalue weighted by atomic mass is 10.0. The van der Waals surface area contributed by atoms with Gasteiger partial charge in [0.05, 0.1) is 18.3 Å². The highest BCUT2D eigenvalue weighted by atomic mass is 32.1. The number of aromatic nitrogens is 2. The maximum Gasteiger partial charge on any atom is 0.174 e. The fraction of sp³-hybridized carbons (Fsp3) is 0.238. The molecule has 1 aliphatic heterocycles. The van der Waals surface area contributed by atoms with E-state index in [0.29, 0.717) is 11.7 Å². The molecule has 4 rings (SSSR count). The number of anilines is 1. The van der Waals surface area contributed by atoms with Crippen molar-refractivity contribution in [3.8, 4) is 0 Å². The Morgan fingerprint density at radius 1 is 1.14 bits per heavy atom. The van der Waals surface area contributed by atoms with Crippen molar-refractivity contribution in [2.45, 2.75) is 18.6 Å². The predicted molar refractivity (Wildman–Crippen MR) is 111 cm³/mol. The van der Waals surface area contributed by atoms with Crippen LogP contribution in [0, 0.1) is 5.82 Å². The summed E-state index contributed by atoms with van der Waals surface area (Å²) in [6.07, 6.45) is 3.82. The van der Waals surface area contributed by atoms with E-state index in [1.807, 2.05) is 35.4 Å². The maximum absolute atomic E-state index is 13.5. The lowest BCUT2D eigenvalue weighted by molar-refractivity contribution is 0.186. The van der Waals surface area contributed by atoms with Crippen LogP contribution in [-0.2, 0) is 11.3 Å². The van der Waals surface area contributed by atoms with E-state index in [0.717, 1.165) is 23.6 Å². The molecule has 1 N–H and O–H groups in total. The van der Waals surface area contributed by atoms with E-state index in [4.69, 9.17) is 17.0 Å². The summed E-state index contributed by atoms with van der Waals surface area (Å²) in [6, 6.07) is 16.1. The van der Waals surface area contributed by atoms with Crippen LogP contribution >= 0.6 is 12.2 Å². The third-order valence-electron chi connectivity index (χ3n) is 4.91. The minimum atomic E-state index is -0.275. The molecule has 1 fully saturated rings. The Balaban J connectivity index is 1.80. The van der Waals surface area contributed by atoms with Gasteiger partial charge in [0, 0.05) is 37.4 Å². The monoisotopic (exact) mass is 396 g/mol. The third-order valence-corrected chi connectivity index (χ3v) is 5.22. The molecule has 1 aromatic carbocycles. The molecule has 2 aromatic heterocycles. The summed E-state index contributed by atoms with van der Waals surface area (Å²) in [4.78, 5) is 6.58. The number of thiocarbonyl (C=S) groups is 1. The molecule has 144 valence electrons. The van der Waals surface area contributed by atoms with Crippen LogP contribution in [0.1, 0.15) is 23.5 Å². The molecule has 0 unspecified atom stereocenters. The number of benzene rings is 1. The predicted octanol–water partition coefficient (Wildman–Crippen LogP) is 3.85. The van der Waals surface area contributed by atoms with Gasteiger partial charge in [-0.25, -0.2) is 4.39 Å². The van der Waals surface area contributed by atoms with Gasteiger partial charge in [-0.15, -0.1) is 0 Å². The smallest absolute Gasteiger partial charge is 0.174 e. The van der Waals surface area contributed by atoms with Crippen LogP contribution in [0.15, 0.2) is 67.0 Å². The summed E-state index contributed by atoms with van der Waals surface area (Å²) in [5.41, 5.74) is 2.82. The van der Waals surface area contributed by atoms with Crippen molar-refractivity contribution >= 4 is 23.0 Å². The Labute approximate surface area is 168 Å². The Kier molecular flexibility index (Phi) is 5.36. The van der Waals surface area contributed by atoms with Crippen molar-refractivity contribution in [1.29, 1.82) is 0 Å². The van der Waals surface area contributed by atoms with Crippen molar-refractivity contribution in [3.05, 3.63) is 84.2 Å². The topological polar surface area (TPSA) is 42.3 Å². The zero-order valence-electron chi connectivity index (χ0n) is 15.5. The fourth-order valence-electron chi connectivity index (χ4n) is 3.62. The van der Waals surface area contributed by atoms with Crippen molar-refractivity contribution in [2.24, 2.45) is 0 Å². The molecule has 0 amide bonds. The van der Waals surface area contributed by atoms with E-state index in [1.54, 1.807) is 25.4 Å². The molecular formula is C21H21FN4OS. The number of halogens is 1. The molecule has 0 aliphatic carbocycles. The summed E-state index contributed by atoms with van der Waals surface area (Å²) >= 11 is 5.67. The van der Waals surface area contributed by atoms with E-state index in [-0.39, 0.29) is 17.9 Å². The van der Waals surface area contributed by atoms with E-state index in [1.165, 1.54) is 12.1 Å². The largest absolute Gasteiger partial charge is 0.383 e. The minimum absolute atomic E-state index is 0.125. The van der Waals surface area contributed by atoms with Gasteiger partial charge in [-0.05, 0) is 60.7 Å². The molecule has 1 saturated heterocycles. The third kappa shape index (κ3) is 3.50. The fourth-order valence-corrected chi connectivity index (χ4v) is 3.97. The van der Waals surface area contributed by atoms with Crippen LogP contribution in [0.3, 0.4) is 0 Å². The molecule has 0 spiro atoms. The lowest BCUT2D eigenvalue weighted by Crippen LogP contribution is -2.30. The van der Waals surface area contributed by atoms with E-state index in [2.05, 4.69) is 20.9 Å². The first kappa shape index (κ1) is 18.6. The molecule has 0 bridgehead atoms. The second-order valence-electron chi connectivity index (χ2n) is 6.59. The maximum atomic E-state index is 13.5. The number of hydrogen-bond acceptors (Lipinski definition) is 3. The first-order valence-electron chi connectivity index (χ1n) is 9.09. The minimum Gasteiger partial charge on any atom is -0.383 e. The first-order chi connectivity index (χ1) is 13.7. The van der Waals surface area contributed by atoms with Crippen molar-refractivity contribution in [3.63, 3.8) is 0 Å². The average molecular weight is 396 g/mol. The van der Waals surface area contributed by atoms with E-state index in [9.17, 15) is 4.39 Å². The summed E-state index contributed by atoms with van der Waals surface area (Å²) in [5, 5.41) is 4.00. The van der Waals surface area contributed by atoms with Crippen LogP contribution in [0.5, 0.6) is 0 Å². The molecule has 7 heteroatoms. The zero-order valence-corrected chi connectivity index (χ0v) is 16.3. The van der Waals surface area contributed by atoms with Crippen LogP contribution in [0.25, 0.3) is 0 Å². The Morgan fingerprint density at radius 2 is 1.96 bits per heavy atom. The highest BCUT2D eigenvalue weighted by Crippen LogP contribution is 2.41. The Morgan fingerprint density at radius 3 is 2.68 bits per heavy atom. The molecule has 1 aliphatic rings. The van der Waals surface area contributed by atoms with Crippen molar-refractivity contribution in [1.82, 2.24) is 14.9 Å². The second kappa shape index (κ2) is 8.08. The molecule has 3 heterocycles. The molecular weight excluding hydrogens is 375 g/mol. The van der Waals surface area contributed by atoms with Crippen molar-refractivity contribution in [2.75, 3.05) is 18.6 Å². The quantitative estimate of drug-likeness (QED) is 0.641. The zero-order chi connectivity index (χ0) is 19.5. The van der Waals surface area contributed by atoms with Crippen LogP contribution in [0.4, 0.5) is 10.1 Å². The van der Waals surface area contributed by atoms with Crippen LogP contribution in [-0.4, -0.2) is 28.4 Å². The van der Waals surface area contributed by atoms with Gasteiger partial charge in [0.15, 0.2) is 5.11 Å². The van der Waals surface area contributed by atoms with Gasteiger partial charge in [-0.1, -0.05) is 6.07 Å². The normalized spacial score (nSPS) is 19.1. The highest BCUT2D eigenvalue weighted by molar-refractivity contribution is 7.80. The van der Waals surface area contributed by atoms with Gasteiger partial charge in [-0.2, -0.15) is 0 Å². The number of nitrogens with one attached hydrogen (secondary N) is 1.